The third-order valence-corrected chi connectivity index (χ3v) is 0.857. The Morgan fingerprint density at radius 1 is 1.44 bits per heavy atom. The third kappa shape index (κ3) is 7.84. The standard InChI is InChI=1S/C5H12O4/c1-5(2)3-4-7-9-8-6/h5-6H,3-4H2,1-2H3. The Labute approximate surface area is 54.1 Å². The molecule has 9 heavy (non-hydrogen) atoms. The van der Waals surface area contributed by atoms with Gasteiger partial charge in [0, 0.05) is 0 Å². The molecule has 0 aliphatic carbocycles. The van der Waals surface area contributed by atoms with Gasteiger partial charge in [0.25, 0.3) is 0 Å². The van der Waals surface area contributed by atoms with Crippen molar-refractivity contribution < 1.29 is 20.2 Å². The van der Waals surface area contributed by atoms with Crippen LogP contribution in [-0.4, -0.2) is 11.9 Å². The summed E-state index contributed by atoms with van der Waals surface area (Å²) in [6.45, 7) is 4.55. The van der Waals surface area contributed by atoms with Crippen LogP contribution in [0.4, 0.5) is 0 Å². The lowest BCUT2D eigenvalue weighted by molar-refractivity contribution is -0.623. The van der Waals surface area contributed by atoms with E-state index in [0.29, 0.717) is 12.5 Å². The molecule has 0 bridgehead atoms. The summed E-state index contributed by atoms with van der Waals surface area (Å²) in [5.74, 6) is 0.562. The minimum Gasteiger partial charge on any atom is -0.219 e. The van der Waals surface area contributed by atoms with Gasteiger partial charge in [0.05, 0.1) is 6.61 Å². The minimum absolute atomic E-state index is 0.429. The molecular weight excluding hydrogens is 124 g/mol. The first-order valence-corrected chi connectivity index (χ1v) is 2.87. The van der Waals surface area contributed by atoms with E-state index in [-0.39, 0.29) is 0 Å². The SMILES string of the molecule is CC(C)CCOOOO. The highest BCUT2D eigenvalue weighted by Crippen LogP contribution is 1.98. The van der Waals surface area contributed by atoms with Crippen molar-refractivity contribution in [3.63, 3.8) is 0 Å². The largest absolute Gasteiger partial charge is 0.219 e. The second-order valence-corrected chi connectivity index (χ2v) is 2.15. The quantitative estimate of drug-likeness (QED) is 0.352. The van der Waals surface area contributed by atoms with E-state index in [2.05, 4.69) is 28.8 Å². The first kappa shape index (κ1) is 8.84. The number of hydrogen-bond donors (Lipinski definition) is 1. The van der Waals surface area contributed by atoms with Crippen molar-refractivity contribution in [3.8, 4) is 0 Å². The molecule has 4 heteroatoms. The normalized spacial score (nSPS) is 10.7. The Balaban J connectivity index is 2.75. The van der Waals surface area contributed by atoms with E-state index in [1.807, 2.05) is 0 Å². The van der Waals surface area contributed by atoms with Crippen molar-refractivity contribution in [1.82, 2.24) is 0 Å². The van der Waals surface area contributed by atoms with E-state index in [9.17, 15) is 0 Å². The van der Waals surface area contributed by atoms with Crippen LogP contribution in [0.1, 0.15) is 20.3 Å². The van der Waals surface area contributed by atoms with E-state index in [1.54, 1.807) is 0 Å². The van der Waals surface area contributed by atoms with Gasteiger partial charge in [0.1, 0.15) is 0 Å². The lowest BCUT2D eigenvalue weighted by atomic mass is 10.1. The van der Waals surface area contributed by atoms with Gasteiger partial charge in [-0.3, -0.25) is 0 Å². The second-order valence-electron chi connectivity index (χ2n) is 2.15. The van der Waals surface area contributed by atoms with Crippen LogP contribution in [0, 0.1) is 5.92 Å². The lowest BCUT2D eigenvalue weighted by Gasteiger charge is -2.01. The summed E-state index contributed by atoms with van der Waals surface area (Å²) >= 11 is 0. The maximum Gasteiger partial charge on any atom is 0.0857 e. The lowest BCUT2D eigenvalue weighted by Crippen LogP contribution is -1.99. The van der Waals surface area contributed by atoms with Crippen molar-refractivity contribution in [1.29, 1.82) is 0 Å². The van der Waals surface area contributed by atoms with Crippen LogP contribution < -0.4 is 0 Å². The Morgan fingerprint density at radius 2 is 2.11 bits per heavy atom. The smallest absolute Gasteiger partial charge is 0.0857 e. The van der Waals surface area contributed by atoms with Crippen LogP contribution >= 0.6 is 0 Å². The molecule has 4 nitrogen and oxygen atoms in total. The Kier molecular flexibility index (Phi) is 5.86. The van der Waals surface area contributed by atoms with Crippen molar-refractivity contribution in [2.75, 3.05) is 6.61 Å². The summed E-state index contributed by atoms with van der Waals surface area (Å²) in [4.78, 5) is 4.32. The molecule has 0 radical (unpaired) electrons. The molecule has 1 N–H and O–H groups in total. The van der Waals surface area contributed by atoms with Gasteiger partial charge in [0.15, 0.2) is 0 Å². The molecule has 0 aliphatic heterocycles. The minimum atomic E-state index is 0.429. The summed E-state index contributed by atoms with van der Waals surface area (Å²) in [6.07, 6.45) is 0.878. The molecule has 0 heterocycles. The molecular formula is C5H12O4. The fraction of sp³-hybridized carbons (Fsp3) is 1.00. The van der Waals surface area contributed by atoms with Crippen molar-refractivity contribution in [2.45, 2.75) is 20.3 Å². The average molecular weight is 136 g/mol. The van der Waals surface area contributed by atoms with Gasteiger partial charge in [0.2, 0.25) is 0 Å². The van der Waals surface area contributed by atoms with Crippen molar-refractivity contribution in [2.24, 2.45) is 5.92 Å². The summed E-state index contributed by atoms with van der Waals surface area (Å²) in [5, 5.41) is 14.5. The maximum atomic E-state index is 7.58. The number of rotatable bonds is 5. The van der Waals surface area contributed by atoms with E-state index in [4.69, 9.17) is 5.26 Å². The van der Waals surface area contributed by atoms with Crippen LogP contribution in [0.5, 0.6) is 0 Å². The molecule has 0 saturated heterocycles. The Hall–Kier alpha value is -0.160. The monoisotopic (exact) mass is 136 g/mol. The summed E-state index contributed by atoms with van der Waals surface area (Å²) in [7, 11) is 0. The van der Waals surface area contributed by atoms with Crippen molar-refractivity contribution >= 4 is 0 Å². The van der Waals surface area contributed by atoms with Gasteiger partial charge in [-0.2, -0.15) is 0 Å². The first-order valence-electron chi connectivity index (χ1n) is 2.87. The molecule has 0 atom stereocenters. The van der Waals surface area contributed by atoms with E-state index < -0.39 is 0 Å². The molecule has 0 rings (SSSR count). The summed E-state index contributed by atoms with van der Waals surface area (Å²) in [6, 6.07) is 0. The molecule has 0 fully saturated rings. The predicted molar refractivity (Wildman–Crippen MR) is 30.2 cm³/mol. The Morgan fingerprint density at radius 3 is 2.56 bits per heavy atom. The fourth-order valence-corrected chi connectivity index (χ4v) is 0.339. The fourth-order valence-electron chi connectivity index (χ4n) is 0.339. The number of hydrogen-bond acceptors (Lipinski definition) is 4. The van der Waals surface area contributed by atoms with E-state index in [1.165, 1.54) is 0 Å². The highest BCUT2D eigenvalue weighted by atomic mass is 17.6. The molecule has 0 aromatic heterocycles. The van der Waals surface area contributed by atoms with Crippen LogP contribution in [0.25, 0.3) is 0 Å². The first-order chi connectivity index (χ1) is 4.27. The Bertz CT molecular complexity index is 54.9. The zero-order valence-corrected chi connectivity index (χ0v) is 5.66. The van der Waals surface area contributed by atoms with E-state index >= 15 is 0 Å². The third-order valence-electron chi connectivity index (χ3n) is 0.857. The van der Waals surface area contributed by atoms with Gasteiger partial charge in [-0.15, -0.1) is 0 Å². The molecule has 0 saturated carbocycles. The summed E-state index contributed by atoms with van der Waals surface area (Å²) < 4.78 is 0. The molecule has 0 aromatic rings. The van der Waals surface area contributed by atoms with Gasteiger partial charge in [-0.05, 0) is 22.4 Å². The van der Waals surface area contributed by atoms with Crippen LogP contribution in [0.2, 0.25) is 0 Å². The maximum absolute atomic E-state index is 7.58. The predicted octanol–water partition coefficient (Wildman–Crippen LogP) is 1.39. The molecule has 0 unspecified atom stereocenters. The average Bonchev–Trinajstić information content (AvgIpc) is 1.80. The van der Waals surface area contributed by atoms with E-state index in [0.717, 1.165) is 6.42 Å². The summed E-state index contributed by atoms with van der Waals surface area (Å²) in [5.41, 5.74) is 0. The van der Waals surface area contributed by atoms with Gasteiger partial charge >= 0.3 is 0 Å². The molecule has 0 spiro atoms. The van der Waals surface area contributed by atoms with Gasteiger partial charge in [-0.25, -0.2) is 10.1 Å². The zero-order valence-electron chi connectivity index (χ0n) is 5.66. The molecule has 0 amide bonds. The second kappa shape index (κ2) is 5.97. The van der Waals surface area contributed by atoms with Crippen LogP contribution in [0.15, 0.2) is 0 Å². The van der Waals surface area contributed by atoms with Crippen LogP contribution in [0.3, 0.4) is 0 Å². The zero-order chi connectivity index (χ0) is 7.11. The molecule has 0 aliphatic rings. The van der Waals surface area contributed by atoms with Gasteiger partial charge < -0.3 is 0 Å². The highest BCUT2D eigenvalue weighted by Gasteiger charge is 1.93. The topological polar surface area (TPSA) is 47.9 Å². The van der Waals surface area contributed by atoms with Crippen molar-refractivity contribution in [3.05, 3.63) is 0 Å². The van der Waals surface area contributed by atoms with Crippen LogP contribution in [-0.2, 0) is 15.0 Å². The van der Waals surface area contributed by atoms with Gasteiger partial charge in [-0.1, -0.05) is 13.8 Å². The highest BCUT2D eigenvalue weighted by molar-refractivity contribution is 4.39. The molecule has 56 valence electrons. The molecule has 0 aromatic carbocycles.